The molecule has 0 radical (unpaired) electrons. The number of carbonyl (C=O) groups is 1. The normalized spacial score (nSPS) is 13.0. The van der Waals surface area contributed by atoms with E-state index in [0.717, 1.165) is 23.1 Å². The number of nitrogens with one attached hydrogen (secondary N) is 1. The van der Waals surface area contributed by atoms with Crippen molar-refractivity contribution < 1.29 is 24.5 Å². The van der Waals surface area contributed by atoms with Crippen molar-refractivity contribution in [2.45, 2.75) is 39.3 Å². The predicted octanol–water partition coefficient (Wildman–Crippen LogP) is 2.90. The van der Waals surface area contributed by atoms with Gasteiger partial charge in [0.2, 0.25) is 0 Å². The van der Waals surface area contributed by atoms with Crippen molar-refractivity contribution in [3.63, 3.8) is 0 Å². The molecule has 0 aromatic heterocycles. The Morgan fingerprint density at radius 2 is 1.89 bits per heavy atom. The van der Waals surface area contributed by atoms with Gasteiger partial charge in [-0.2, -0.15) is 0 Å². The summed E-state index contributed by atoms with van der Waals surface area (Å²) in [6.07, 6.45) is 0.142. The van der Waals surface area contributed by atoms with Crippen LogP contribution in [0, 0.1) is 6.92 Å². The summed E-state index contributed by atoms with van der Waals surface area (Å²) in [5, 5.41) is 23.4. The van der Waals surface area contributed by atoms with E-state index in [1.165, 1.54) is 0 Å². The molecule has 0 aliphatic heterocycles. The highest BCUT2D eigenvalue weighted by atomic mass is 16.6. The zero-order valence-corrected chi connectivity index (χ0v) is 16.6. The number of phenolic OH excluding ortho intramolecular Hbond substituents is 1. The van der Waals surface area contributed by atoms with Crippen molar-refractivity contribution in [1.29, 1.82) is 0 Å². The van der Waals surface area contributed by atoms with Gasteiger partial charge in [0.1, 0.15) is 11.5 Å². The van der Waals surface area contributed by atoms with Crippen LogP contribution < -0.4 is 10.1 Å². The van der Waals surface area contributed by atoms with Gasteiger partial charge in [0, 0.05) is 6.04 Å². The molecule has 6 nitrogen and oxygen atoms in total. The Hall–Kier alpha value is -2.57. The van der Waals surface area contributed by atoms with Crippen LogP contribution in [-0.2, 0) is 16.0 Å². The minimum atomic E-state index is -0.653. The summed E-state index contributed by atoms with van der Waals surface area (Å²) in [6.45, 7) is 6.51. The summed E-state index contributed by atoms with van der Waals surface area (Å²) in [5.41, 5.74) is 2.79. The zero-order chi connectivity index (χ0) is 20.5. The maximum absolute atomic E-state index is 11.3. The lowest BCUT2D eigenvalue weighted by molar-refractivity contribution is -0.145. The van der Waals surface area contributed by atoms with Crippen molar-refractivity contribution in [3.8, 4) is 11.5 Å². The number of aromatic hydroxyl groups is 1. The van der Waals surface area contributed by atoms with Crippen molar-refractivity contribution in [2.75, 3.05) is 19.8 Å². The van der Waals surface area contributed by atoms with Gasteiger partial charge in [-0.3, -0.25) is 0 Å². The molecule has 0 saturated heterocycles. The molecule has 0 bridgehead atoms. The highest BCUT2D eigenvalue weighted by Crippen LogP contribution is 2.24. The van der Waals surface area contributed by atoms with E-state index < -0.39 is 6.10 Å². The average molecular weight is 387 g/mol. The fourth-order valence-corrected chi connectivity index (χ4v) is 2.91. The van der Waals surface area contributed by atoms with E-state index in [1.54, 1.807) is 25.1 Å². The van der Waals surface area contributed by atoms with Crippen LogP contribution in [0.2, 0.25) is 0 Å². The summed E-state index contributed by atoms with van der Waals surface area (Å²) in [7, 11) is 0. The average Bonchev–Trinajstić information content (AvgIpc) is 2.67. The summed E-state index contributed by atoms with van der Waals surface area (Å²) in [5.74, 6) is 0.437. The zero-order valence-electron chi connectivity index (χ0n) is 16.6. The maximum atomic E-state index is 11.3. The Kier molecular flexibility index (Phi) is 8.29. The number of phenols is 1. The number of aliphatic hydroxyl groups is 1. The molecule has 0 amide bonds. The van der Waals surface area contributed by atoms with Crippen LogP contribution in [0.25, 0.3) is 0 Å². The first-order valence-electron chi connectivity index (χ1n) is 9.49. The van der Waals surface area contributed by atoms with Gasteiger partial charge in [-0.05, 0) is 74.7 Å². The van der Waals surface area contributed by atoms with Gasteiger partial charge < -0.3 is 25.0 Å². The van der Waals surface area contributed by atoms with Crippen LogP contribution >= 0.6 is 0 Å². The molecule has 0 saturated carbocycles. The number of hydrogen-bond acceptors (Lipinski definition) is 6. The summed E-state index contributed by atoms with van der Waals surface area (Å²) >= 11 is 0. The molecular weight excluding hydrogens is 358 g/mol. The number of hydrogen-bond donors (Lipinski definition) is 3. The second-order valence-electron chi connectivity index (χ2n) is 6.72. The summed E-state index contributed by atoms with van der Waals surface area (Å²) in [4.78, 5) is 11.3. The van der Waals surface area contributed by atoms with Crippen LogP contribution in [0.4, 0.5) is 0 Å². The van der Waals surface area contributed by atoms with Crippen LogP contribution in [0.1, 0.15) is 36.6 Å². The second-order valence-corrected chi connectivity index (χ2v) is 6.72. The molecule has 152 valence electrons. The van der Waals surface area contributed by atoms with Gasteiger partial charge in [-0.25, -0.2) is 4.79 Å². The Morgan fingerprint density at radius 3 is 2.54 bits per heavy atom. The van der Waals surface area contributed by atoms with Crippen LogP contribution in [0.5, 0.6) is 11.5 Å². The van der Waals surface area contributed by atoms with Gasteiger partial charge in [-0.1, -0.05) is 18.2 Å². The standard InChI is InChI=1S/C22H29NO5/c1-4-27-21(25)14-28-19-8-5-17(6-9-19)11-12-23-16(3)22(26)20-10-7-18(24)13-15(20)2/h5-10,13,16,22-24,26H,4,11-12,14H2,1-3H3/t16-,22-/m0/s1. The number of ether oxygens (including phenoxy) is 2. The van der Waals surface area contributed by atoms with E-state index in [1.807, 2.05) is 38.1 Å². The lowest BCUT2D eigenvalue weighted by Crippen LogP contribution is -2.34. The number of benzene rings is 2. The van der Waals surface area contributed by atoms with Crippen molar-refractivity contribution in [1.82, 2.24) is 5.32 Å². The molecule has 0 unspecified atom stereocenters. The fourth-order valence-electron chi connectivity index (χ4n) is 2.91. The third-order valence-electron chi connectivity index (χ3n) is 4.51. The third kappa shape index (κ3) is 6.55. The fraction of sp³-hybridized carbons (Fsp3) is 0.409. The lowest BCUT2D eigenvalue weighted by Gasteiger charge is -2.22. The molecule has 2 rings (SSSR count). The molecule has 0 aliphatic rings. The van der Waals surface area contributed by atoms with E-state index >= 15 is 0 Å². The van der Waals surface area contributed by atoms with E-state index in [2.05, 4.69) is 5.32 Å². The number of aryl methyl sites for hydroxylation is 1. The molecule has 0 spiro atoms. The van der Waals surface area contributed by atoms with Gasteiger partial charge >= 0.3 is 5.97 Å². The Bertz CT molecular complexity index is 760. The summed E-state index contributed by atoms with van der Waals surface area (Å²) < 4.78 is 10.2. The molecule has 2 atom stereocenters. The first kappa shape index (κ1) is 21.7. The second kappa shape index (κ2) is 10.7. The number of esters is 1. The monoisotopic (exact) mass is 387 g/mol. The van der Waals surface area contributed by atoms with Crippen molar-refractivity contribution in [2.24, 2.45) is 0 Å². The SMILES string of the molecule is CCOC(=O)COc1ccc(CCN[C@@H](C)[C@H](O)c2ccc(O)cc2C)cc1. The molecular formula is C22H29NO5. The third-order valence-corrected chi connectivity index (χ3v) is 4.51. The number of carbonyl (C=O) groups excluding carboxylic acids is 1. The smallest absolute Gasteiger partial charge is 0.344 e. The molecule has 2 aromatic rings. The van der Waals surface area contributed by atoms with Gasteiger partial charge in [0.05, 0.1) is 12.7 Å². The van der Waals surface area contributed by atoms with Crippen LogP contribution in [-0.4, -0.2) is 42.0 Å². The van der Waals surface area contributed by atoms with Gasteiger partial charge in [0.15, 0.2) is 6.61 Å². The number of aliphatic hydroxyl groups excluding tert-OH is 1. The first-order valence-corrected chi connectivity index (χ1v) is 9.49. The van der Waals surface area contributed by atoms with E-state index in [9.17, 15) is 15.0 Å². The molecule has 28 heavy (non-hydrogen) atoms. The quantitative estimate of drug-likeness (QED) is 0.544. The Morgan fingerprint density at radius 1 is 1.18 bits per heavy atom. The van der Waals surface area contributed by atoms with Crippen molar-refractivity contribution in [3.05, 3.63) is 59.2 Å². The molecule has 0 heterocycles. The van der Waals surface area contributed by atoms with E-state index in [4.69, 9.17) is 9.47 Å². The lowest BCUT2D eigenvalue weighted by atomic mass is 9.98. The molecule has 3 N–H and O–H groups in total. The molecule has 0 aliphatic carbocycles. The molecule has 0 fully saturated rings. The number of rotatable bonds is 10. The Labute approximate surface area is 166 Å². The van der Waals surface area contributed by atoms with Gasteiger partial charge in [0.25, 0.3) is 0 Å². The van der Waals surface area contributed by atoms with Crippen LogP contribution in [0.3, 0.4) is 0 Å². The van der Waals surface area contributed by atoms with Crippen LogP contribution in [0.15, 0.2) is 42.5 Å². The van der Waals surface area contributed by atoms with Crippen molar-refractivity contribution >= 4 is 5.97 Å². The summed E-state index contributed by atoms with van der Waals surface area (Å²) in [6, 6.07) is 12.4. The highest BCUT2D eigenvalue weighted by molar-refractivity contribution is 5.71. The minimum absolute atomic E-state index is 0.0964. The molecule has 6 heteroatoms. The van der Waals surface area contributed by atoms with E-state index in [-0.39, 0.29) is 24.4 Å². The van der Waals surface area contributed by atoms with E-state index in [0.29, 0.717) is 18.9 Å². The first-order chi connectivity index (χ1) is 13.4. The molecule has 2 aromatic carbocycles. The highest BCUT2D eigenvalue weighted by Gasteiger charge is 2.17. The maximum Gasteiger partial charge on any atom is 0.344 e. The topological polar surface area (TPSA) is 88.0 Å². The minimum Gasteiger partial charge on any atom is -0.508 e. The Balaban J connectivity index is 1.78. The predicted molar refractivity (Wildman–Crippen MR) is 108 cm³/mol. The van der Waals surface area contributed by atoms with Gasteiger partial charge in [-0.15, -0.1) is 0 Å². The largest absolute Gasteiger partial charge is 0.508 e.